The number of aromatic nitrogens is 1. The second kappa shape index (κ2) is 6.52. The molecule has 24 heavy (non-hydrogen) atoms. The molecular formula is C20H25N3O. The van der Waals surface area contributed by atoms with Gasteiger partial charge in [0.2, 0.25) is 5.91 Å². The normalized spacial score (nSPS) is 21.3. The van der Waals surface area contributed by atoms with E-state index < -0.39 is 0 Å². The predicted octanol–water partition coefficient (Wildman–Crippen LogP) is 3.21. The van der Waals surface area contributed by atoms with Crippen LogP contribution in [0.5, 0.6) is 0 Å². The van der Waals surface area contributed by atoms with Crippen LogP contribution in [0, 0.1) is 0 Å². The third-order valence-corrected chi connectivity index (χ3v) is 5.35. The first-order chi connectivity index (χ1) is 11.7. The maximum absolute atomic E-state index is 11.9. The molecule has 2 heterocycles. The van der Waals surface area contributed by atoms with E-state index in [4.69, 9.17) is 0 Å². The molecule has 0 N–H and O–H groups in total. The lowest BCUT2D eigenvalue weighted by molar-refractivity contribution is -0.130. The van der Waals surface area contributed by atoms with Crippen LogP contribution in [0.2, 0.25) is 0 Å². The Morgan fingerprint density at radius 3 is 2.96 bits per heavy atom. The number of hydrogen-bond acceptors (Lipinski definition) is 3. The molecule has 1 atom stereocenters. The Balaban J connectivity index is 1.46. The van der Waals surface area contributed by atoms with Crippen LogP contribution in [0.4, 0.5) is 0 Å². The van der Waals surface area contributed by atoms with E-state index in [-0.39, 0.29) is 5.91 Å². The van der Waals surface area contributed by atoms with E-state index >= 15 is 0 Å². The van der Waals surface area contributed by atoms with E-state index in [1.165, 1.54) is 36.6 Å². The summed E-state index contributed by atoms with van der Waals surface area (Å²) in [7, 11) is 0. The molecule has 0 radical (unpaired) electrons. The number of fused-ring (bicyclic) bond motifs is 1. The standard InChI is InChI=1S/C20H25N3O/c1-15(24)23(18-7-8-18)14-19-5-3-11-22(19)13-16-6-9-20-17(12-16)4-2-10-21-20/h2,4,6,9-10,12,18-19H,3,5,7-8,11,13-14H2,1H3. The fourth-order valence-corrected chi connectivity index (χ4v) is 3.92. The van der Waals surface area contributed by atoms with Gasteiger partial charge in [-0.15, -0.1) is 0 Å². The number of hydrogen-bond donors (Lipinski definition) is 0. The molecule has 2 aliphatic rings. The molecule has 1 aliphatic heterocycles. The molecule has 1 aromatic carbocycles. The lowest BCUT2D eigenvalue weighted by Gasteiger charge is -2.30. The Kier molecular flexibility index (Phi) is 4.23. The zero-order valence-corrected chi connectivity index (χ0v) is 14.3. The second-order valence-electron chi connectivity index (χ2n) is 7.20. The first-order valence-electron chi connectivity index (χ1n) is 9.05. The summed E-state index contributed by atoms with van der Waals surface area (Å²) < 4.78 is 0. The molecule has 2 fully saturated rings. The topological polar surface area (TPSA) is 36.4 Å². The van der Waals surface area contributed by atoms with Gasteiger partial charge >= 0.3 is 0 Å². The van der Waals surface area contributed by atoms with Gasteiger partial charge in [-0.3, -0.25) is 14.7 Å². The van der Waals surface area contributed by atoms with Crippen molar-refractivity contribution >= 4 is 16.8 Å². The minimum absolute atomic E-state index is 0.237. The minimum Gasteiger partial charge on any atom is -0.338 e. The highest BCUT2D eigenvalue weighted by Gasteiger charge is 2.35. The van der Waals surface area contributed by atoms with E-state index in [9.17, 15) is 4.79 Å². The lowest BCUT2D eigenvalue weighted by atomic mass is 10.1. The highest BCUT2D eigenvalue weighted by molar-refractivity contribution is 5.78. The van der Waals surface area contributed by atoms with Gasteiger partial charge in [-0.25, -0.2) is 0 Å². The molecular weight excluding hydrogens is 298 g/mol. The van der Waals surface area contributed by atoms with E-state index in [2.05, 4.69) is 39.0 Å². The number of likely N-dealkylation sites (tertiary alicyclic amines) is 1. The van der Waals surface area contributed by atoms with Gasteiger partial charge < -0.3 is 4.90 Å². The number of carbonyl (C=O) groups is 1. The van der Waals surface area contributed by atoms with Crippen LogP contribution in [0.3, 0.4) is 0 Å². The number of benzene rings is 1. The van der Waals surface area contributed by atoms with Crippen molar-refractivity contribution in [3.63, 3.8) is 0 Å². The van der Waals surface area contributed by atoms with Crippen molar-refractivity contribution in [2.45, 2.75) is 51.2 Å². The van der Waals surface area contributed by atoms with Gasteiger partial charge in [0.15, 0.2) is 0 Å². The maximum atomic E-state index is 11.9. The summed E-state index contributed by atoms with van der Waals surface area (Å²) in [6.07, 6.45) is 6.64. The Labute approximate surface area is 143 Å². The van der Waals surface area contributed by atoms with Crippen molar-refractivity contribution in [1.82, 2.24) is 14.8 Å². The first kappa shape index (κ1) is 15.6. The summed E-state index contributed by atoms with van der Waals surface area (Å²) in [5.74, 6) is 0.237. The number of nitrogens with zero attached hydrogens (tertiary/aromatic N) is 3. The van der Waals surface area contributed by atoms with Gasteiger partial charge in [0.05, 0.1) is 5.52 Å². The molecule has 1 aliphatic carbocycles. The maximum Gasteiger partial charge on any atom is 0.219 e. The monoisotopic (exact) mass is 323 g/mol. The molecule has 1 saturated carbocycles. The van der Waals surface area contributed by atoms with Crippen molar-refractivity contribution in [2.24, 2.45) is 0 Å². The molecule has 4 heteroatoms. The van der Waals surface area contributed by atoms with Crippen molar-refractivity contribution < 1.29 is 4.79 Å². The van der Waals surface area contributed by atoms with Crippen LogP contribution in [-0.2, 0) is 11.3 Å². The molecule has 1 saturated heterocycles. The van der Waals surface area contributed by atoms with Crippen LogP contribution in [0.15, 0.2) is 36.5 Å². The van der Waals surface area contributed by atoms with Crippen LogP contribution in [-0.4, -0.2) is 45.9 Å². The Morgan fingerprint density at radius 2 is 2.17 bits per heavy atom. The Hall–Kier alpha value is -1.94. The van der Waals surface area contributed by atoms with Crippen molar-refractivity contribution in [3.8, 4) is 0 Å². The molecule has 0 spiro atoms. The number of amides is 1. The summed E-state index contributed by atoms with van der Waals surface area (Å²) >= 11 is 0. The number of pyridine rings is 1. The second-order valence-corrected chi connectivity index (χ2v) is 7.20. The number of carbonyl (C=O) groups excluding carboxylic acids is 1. The third-order valence-electron chi connectivity index (χ3n) is 5.35. The van der Waals surface area contributed by atoms with E-state index in [1.54, 1.807) is 6.92 Å². The van der Waals surface area contributed by atoms with E-state index in [1.807, 2.05) is 12.3 Å². The third kappa shape index (κ3) is 3.29. The van der Waals surface area contributed by atoms with Gasteiger partial charge in [0.1, 0.15) is 0 Å². The Bertz CT molecular complexity index is 740. The fourth-order valence-electron chi connectivity index (χ4n) is 3.92. The SMILES string of the molecule is CC(=O)N(CC1CCCN1Cc1ccc2ncccc2c1)C1CC1. The average molecular weight is 323 g/mol. The Morgan fingerprint density at radius 1 is 1.29 bits per heavy atom. The minimum atomic E-state index is 0.237. The molecule has 2 aromatic rings. The lowest BCUT2D eigenvalue weighted by Crippen LogP contribution is -2.43. The van der Waals surface area contributed by atoms with Crippen LogP contribution in [0.25, 0.3) is 10.9 Å². The van der Waals surface area contributed by atoms with Gasteiger partial charge in [-0.05, 0) is 56.0 Å². The molecule has 1 aromatic heterocycles. The van der Waals surface area contributed by atoms with Crippen LogP contribution in [0.1, 0.15) is 38.2 Å². The number of rotatable bonds is 5. The predicted molar refractivity (Wildman–Crippen MR) is 95.6 cm³/mol. The van der Waals surface area contributed by atoms with Crippen molar-refractivity contribution in [3.05, 3.63) is 42.1 Å². The quantitative estimate of drug-likeness (QED) is 0.848. The summed E-state index contributed by atoms with van der Waals surface area (Å²) in [5.41, 5.74) is 2.39. The molecule has 4 nitrogen and oxygen atoms in total. The van der Waals surface area contributed by atoms with Gasteiger partial charge in [0, 0.05) is 43.7 Å². The van der Waals surface area contributed by atoms with E-state index in [0.29, 0.717) is 12.1 Å². The van der Waals surface area contributed by atoms with Gasteiger partial charge in [0.25, 0.3) is 0 Å². The van der Waals surface area contributed by atoms with Crippen LogP contribution < -0.4 is 0 Å². The van der Waals surface area contributed by atoms with Crippen molar-refractivity contribution in [2.75, 3.05) is 13.1 Å². The highest BCUT2D eigenvalue weighted by Crippen LogP contribution is 2.30. The van der Waals surface area contributed by atoms with Crippen LogP contribution >= 0.6 is 0 Å². The zero-order valence-electron chi connectivity index (χ0n) is 14.3. The molecule has 126 valence electrons. The smallest absolute Gasteiger partial charge is 0.219 e. The summed E-state index contributed by atoms with van der Waals surface area (Å²) in [6, 6.07) is 11.7. The molecule has 1 amide bonds. The van der Waals surface area contributed by atoms with Gasteiger partial charge in [-0.2, -0.15) is 0 Å². The van der Waals surface area contributed by atoms with Gasteiger partial charge in [-0.1, -0.05) is 12.1 Å². The van der Waals surface area contributed by atoms with E-state index in [0.717, 1.165) is 25.2 Å². The summed E-state index contributed by atoms with van der Waals surface area (Å²) in [4.78, 5) is 21.0. The average Bonchev–Trinajstić information content (AvgIpc) is 3.33. The highest BCUT2D eigenvalue weighted by atomic mass is 16.2. The molecule has 0 bridgehead atoms. The molecule has 1 unspecified atom stereocenters. The first-order valence-corrected chi connectivity index (χ1v) is 9.05. The largest absolute Gasteiger partial charge is 0.338 e. The summed E-state index contributed by atoms with van der Waals surface area (Å²) in [5, 5.41) is 1.20. The molecule has 4 rings (SSSR count). The van der Waals surface area contributed by atoms with Crippen molar-refractivity contribution in [1.29, 1.82) is 0 Å². The zero-order chi connectivity index (χ0) is 16.5. The summed E-state index contributed by atoms with van der Waals surface area (Å²) in [6.45, 7) is 4.71. The fraction of sp³-hybridized carbons (Fsp3) is 0.500.